The Labute approximate surface area is 306 Å². The van der Waals surface area contributed by atoms with Crippen LogP contribution < -0.4 is 16.0 Å². The summed E-state index contributed by atoms with van der Waals surface area (Å²) >= 11 is 0. The van der Waals surface area contributed by atoms with Crippen molar-refractivity contribution in [3.63, 3.8) is 0 Å². The minimum Gasteiger partial charge on any atom is -0.449 e. The predicted molar refractivity (Wildman–Crippen MR) is 220 cm³/mol. The topological polar surface area (TPSA) is 26.2 Å². The standard InChI is InChI=1S/C48H30BN3O/c1-5-17-31(18-6-1)41-38-28-15-27-36-35-26-16-30-40-43(35)49(52(45(36)38)44(41)32-19-7-2-8-20-32)47-46(50(40)33-21-9-3-10-22-33)42-37-25-13-14-29-39(37)51(48(42)53-47)34-23-11-4-12-24-34/h1-30H. The van der Waals surface area contributed by atoms with E-state index >= 15 is 0 Å². The van der Waals surface area contributed by atoms with Gasteiger partial charge in [0, 0.05) is 50.2 Å². The van der Waals surface area contributed by atoms with Crippen LogP contribution >= 0.6 is 0 Å². The normalized spacial score (nSPS) is 12.8. The molecule has 0 atom stereocenters. The van der Waals surface area contributed by atoms with Crippen LogP contribution in [0.4, 0.5) is 17.1 Å². The van der Waals surface area contributed by atoms with Gasteiger partial charge in [-0.2, -0.15) is 0 Å². The molecule has 0 amide bonds. The Bertz CT molecular complexity index is 3050. The molecule has 0 unspecified atom stereocenters. The molecule has 10 aromatic rings. The van der Waals surface area contributed by atoms with Gasteiger partial charge in [-0.3, -0.25) is 4.57 Å². The van der Waals surface area contributed by atoms with Crippen LogP contribution in [-0.4, -0.2) is 15.9 Å². The summed E-state index contributed by atoms with van der Waals surface area (Å²) in [5.74, 6) is 0. The van der Waals surface area contributed by atoms with Gasteiger partial charge in [0.1, 0.15) is 5.66 Å². The van der Waals surface area contributed by atoms with Gasteiger partial charge in [-0.25, -0.2) is 0 Å². The molecule has 0 bridgehead atoms. The van der Waals surface area contributed by atoms with E-state index in [9.17, 15) is 0 Å². The highest BCUT2D eigenvalue weighted by Crippen LogP contribution is 2.51. The largest absolute Gasteiger partial charge is 0.449 e. The summed E-state index contributed by atoms with van der Waals surface area (Å²) in [5, 5.41) is 3.52. The molecule has 0 saturated carbocycles. The fourth-order valence-corrected chi connectivity index (χ4v) is 9.29. The third-order valence-corrected chi connectivity index (χ3v) is 11.3. The fraction of sp³-hybridized carbons (Fsp3) is 0. The number of hydrogen-bond acceptors (Lipinski definition) is 2. The molecule has 7 aromatic carbocycles. The van der Waals surface area contributed by atoms with Crippen molar-refractivity contribution >= 4 is 67.9 Å². The Kier molecular flexibility index (Phi) is 5.83. The lowest BCUT2D eigenvalue weighted by molar-refractivity contribution is 0.627. The van der Waals surface area contributed by atoms with Gasteiger partial charge in [0.05, 0.1) is 16.6 Å². The highest BCUT2D eigenvalue weighted by Gasteiger charge is 2.48. The Hall–Kier alpha value is -6.98. The van der Waals surface area contributed by atoms with Crippen LogP contribution in [0, 0.1) is 0 Å². The lowest BCUT2D eigenvalue weighted by Crippen LogP contribution is -2.56. The molecule has 0 radical (unpaired) electrons. The first-order valence-electron chi connectivity index (χ1n) is 18.2. The van der Waals surface area contributed by atoms with Gasteiger partial charge < -0.3 is 13.8 Å². The quantitative estimate of drug-likeness (QED) is 0.174. The summed E-state index contributed by atoms with van der Waals surface area (Å²) in [5.41, 5.74) is 17.1. The second kappa shape index (κ2) is 10.8. The predicted octanol–water partition coefficient (Wildman–Crippen LogP) is 11.1. The van der Waals surface area contributed by atoms with Crippen molar-refractivity contribution in [3.05, 3.63) is 182 Å². The Morgan fingerprint density at radius 3 is 1.85 bits per heavy atom. The first kappa shape index (κ1) is 28.7. The van der Waals surface area contributed by atoms with E-state index in [0.29, 0.717) is 0 Å². The Morgan fingerprint density at radius 2 is 1.09 bits per heavy atom. The van der Waals surface area contributed by atoms with Crippen molar-refractivity contribution in [2.45, 2.75) is 0 Å². The number of anilines is 3. The zero-order chi connectivity index (χ0) is 34.6. The van der Waals surface area contributed by atoms with Crippen LogP contribution in [0.15, 0.2) is 186 Å². The number of rotatable bonds is 4. The maximum Gasteiger partial charge on any atom is 0.376 e. The van der Waals surface area contributed by atoms with Gasteiger partial charge in [-0.15, -0.1) is 0 Å². The summed E-state index contributed by atoms with van der Waals surface area (Å²) in [4.78, 5) is 2.45. The third-order valence-electron chi connectivity index (χ3n) is 11.3. The molecule has 0 N–H and O–H groups in total. The molecule has 4 nitrogen and oxygen atoms in total. The molecule has 53 heavy (non-hydrogen) atoms. The highest BCUT2D eigenvalue weighted by molar-refractivity contribution is 6.89. The smallest absolute Gasteiger partial charge is 0.376 e. The molecule has 0 spiro atoms. The number of benzene rings is 7. The van der Waals surface area contributed by atoms with E-state index in [1.807, 2.05) is 0 Å². The maximum absolute atomic E-state index is 7.51. The number of fused-ring (bicyclic) bond motifs is 8. The first-order chi connectivity index (χ1) is 26.4. The molecule has 2 aliphatic heterocycles. The van der Waals surface area contributed by atoms with Gasteiger partial charge in [0.15, 0.2) is 0 Å². The van der Waals surface area contributed by atoms with Crippen LogP contribution in [-0.2, 0) is 0 Å². The molecule has 3 aromatic heterocycles. The summed E-state index contributed by atoms with van der Waals surface area (Å²) < 4.78 is 12.4. The number of hydrogen-bond donors (Lipinski definition) is 0. The van der Waals surface area contributed by atoms with E-state index in [2.05, 4.69) is 196 Å². The van der Waals surface area contributed by atoms with E-state index in [0.717, 1.165) is 39.3 Å². The van der Waals surface area contributed by atoms with Crippen molar-refractivity contribution in [1.82, 2.24) is 9.05 Å². The van der Waals surface area contributed by atoms with E-state index in [4.69, 9.17) is 4.42 Å². The van der Waals surface area contributed by atoms with Gasteiger partial charge in [-0.1, -0.05) is 146 Å². The molecule has 5 heteroatoms. The molecule has 5 heterocycles. The minimum absolute atomic E-state index is 0.225. The number of aromatic nitrogens is 2. The Morgan fingerprint density at radius 1 is 0.491 bits per heavy atom. The highest BCUT2D eigenvalue weighted by atomic mass is 16.3. The summed E-state index contributed by atoms with van der Waals surface area (Å²) in [6, 6.07) is 65.5. The first-order valence-corrected chi connectivity index (χ1v) is 18.2. The summed E-state index contributed by atoms with van der Waals surface area (Å²) in [7, 11) is 0. The van der Waals surface area contributed by atoms with Crippen molar-refractivity contribution in [1.29, 1.82) is 0 Å². The molecule has 0 fully saturated rings. The lowest BCUT2D eigenvalue weighted by Gasteiger charge is -2.38. The molecule has 12 rings (SSSR count). The second-order valence-electron chi connectivity index (χ2n) is 14.0. The van der Waals surface area contributed by atoms with Gasteiger partial charge >= 0.3 is 6.85 Å². The van der Waals surface area contributed by atoms with Gasteiger partial charge in [-0.05, 0) is 58.6 Å². The van der Waals surface area contributed by atoms with Crippen molar-refractivity contribution in [2.24, 2.45) is 0 Å². The zero-order valence-corrected chi connectivity index (χ0v) is 28.6. The third kappa shape index (κ3) is 3.80. The molecular weight excluding hydrogens is 645 g/mol. The monoisotopic (exact) mass is 675 g/mol. The van der Waals surface area contributed by atoms with Crippen LogP contribution in [0.2, 0.25) is 0 Å². The fourth-order valence-electron chi connectivity index (χ4n) is 9.29. The lowest BCUT2D eigenvalue weighted by atomic mass is 9.47. The summed E-state index contributed by atoms with van der Waals surface area (Å²) in [6.07, 6.45) is 0. The summed E-state index contributed by atoms with van der Waals surface area (Å²) in [6.45, 7) is -0.225. The zero-order valence-electron chi connectivity index (χ0n) is 28.6. The van der Waals surface area contributed by atoms with E-state index in [1.54, 1.807) is 0 Å². The number of nitrogens with zero attached hydrogens (tertiary/aromatic N) is 3. The second-order valence-corrected chi connectivity index (χ2v) is 14.0. The number of furan rings is 1. The average Bonchev–Trinajstić information content (AvgIpc) is 3.88. The van der Waals surface area contributed by atoms with E-state index < -0.39 is 0 Å². The minimum atomic E-state index is -0.225. The SMILES string of the molecule is c1ccc(-c2c(-c3ccccc3)n3c4c(cccc24)-c2cccc4c2B3c2oc3c(c2N4c2ccccc2)c2ccccc2n3-c2ccccc2)cc1. The maximum atomic E-state index is 7.51. The van der Waals surface area contributed by atoms with Gasteiger partial charge in [0.2, 0.25) is 5.71 Å². The molecular formula is C48H30BN3O. The Balaban J connectivity index is 1.29. The van der Waals surface area contributed by atoms with Crippen molar-refractivity contribution in [3.8, 4) is 39.2 Å². The van der Waals surface area contributed by atoms with Crippen LogP contribution in [0.3, 0.4) is 0 Å². The molecule has 0 saturated heterocycles. The van der Waals surface area contributed by atoms with Crippen molar-refractivity contribution < 1.29 is 4.42 Å². The van der Waals surface area contributed by atoms with Crippen LogP contribution in [0.1, 0.15) is 0 Å². The molecule has 246 valence electrons. The van der Waals surface area contributed by atoms with Gasteiger partial charge in [0.25, 0.3) is 0 Å². The average molecular weight is 676 g/mol. The molecule has 0 aliphatic carbocycles. The van der Waals surface area contributed by atoms with E-state index in [1.165, 1.54) is 61.0 Å². The van der Waals surface area contributed by atoms with Crippen molar-refractivity contribution in [2.75, 3.05) is 4.90 Å². The van der Waals surface area contributed by atoms with Crippen LogP contribution in [0.5, 0.6) is 0 Å². The van der Waals surface area contributed by atoms with Crippen LogP contribution in [0.25, 0.3) is 72.1 Å². The number of para-hydroxylation sites is 4. The van der Waals surface area contributed by atoms with E-state index in [-0.39, 0.29) is 6.85 Å². The molecule has 2 aliphatic rings.